The van der Waals surface area contributed by atoms with Crippen LogP contribution in [0.15, 0.2) is 42.7 Å². The first-order chi connectivity index (χ1) is 21.9. The number of piperazine rings is 1. The van der Waals surface area contributed by atoms with Gasteiger partial charge in [-0.2, -0.15) is 15.2 Å². The summed E-state index contributed by atoms with van der Waals surface area (Å²) in [7, 11) is 0. The Morgan fingerprint density at radius 3 is 2.67 bits per heavy atom. The molecule has 1 aliphatic carbocycles. The lowest BCUT2D eigenvalue weighted by atomic mass is 9.86. The fourth-order valence-electron chi connectivity index (χ4n) is 8.07. The molecular formula is C35H38ClFN6O2. The number of rotatable bonds is 7. The van der Waals surface area contributed by atoms with Crippen molar-refractivity contribution in [1.82, 2.24) is 19.8 Å². The molecule has 0 unspecified atom stereocenters. The van der Waals surface area contributed by atoms with Gasteiger partial charge in [0, 0.05) is 35.6 Å². The van der Waals surface area contributed by atoms with Crippen LogP contribution < -0.4 is 9.64 Å². The van der Waals surface area contributed by atoms with Crippen LogP contribution in [0.25, 0.3) is 22.0 Å². The predicted octanol–water partition coefficient (Wildman–Crippen LogP) is 6.25. The molecule has 7 rings (SSSR count). The van der Waals surface area contributed by atoms with Gasteiger partial charge in [0.25, 0.3) is 5.91 Å². The van der Waals surface area contributed by atoms with Crippen molar-refractivity contribution in [3.63, 3.8) is 0 Å². The van der Waals surface area contributed by atoms with Gasteiger partial charge in [-0.25, -0.2) is 4.39 Å². The number of fused-ring (bicyclic) bond motifs is 3. The fourth-order valence-corrected chi connectivity index (χ4v) is 8.33. The molecule has 1 aromatic heterocycles. The number of carbonyl (C=O) groups is 1. The summed E-state index contributed by atoms with van der Waals surface area (Å²) in [4.78, 5) is 28.5. The summed E-state index contributed by atoms with van der Waals surface area (Å²) in [5, 5.41) is 10.9. The topological polar surface area (TPSA) is 85.6 Å². The zero-order chi connectivity index (χ0) is 31.1. The molecule has 3 saturated heterocycles. The average molecular weight is 629 g/mol. The first kappa shape index (κ1) is 29.9. The molecule has 2 aromatic carbocycles. The van der Waals surface area contributed by atoms with Crippen molar-refractivity contribution in [1.29, 1.82) is 5.26 Å². The number of benzene rings is 2. The molecule has 0 radical (unpaired) electrons. The summed E-state index contributed by atoms with van der Waals surface area (Å²) in [5.74, 6) is -1.16. The van der Waals surface area contributed by atoms with Crippen molar-refractivity contribution in [2.75, 3.05) is 44.2 Å². The van der Waals surface area contributed by atoms with E-state index in [1.54, 1.807) is 0 Å². The van der Waals surface area contributed by atoms with E-state index in [0.717, 1.165) is 67.2 Å². The molecule has 10 heteroatoms. The van der Waals surface area contributed by atoms with Gasteiger partial charge in [-0.15, -0.1) is 0 Å². The molecule has 3 aromatic rings. The maximum Gasteiger partial charge on any atom is 0.319 e. The number of nitriles is 1. The Labute approximate surface area is 268 Å². The molecule has 8 nitrogen and oxygen atoms in total. The number of hydrogen-bond donors (Lipinski definition) is 0. The molecule has 234 valence electrons. The quantitative estimate of drug-likeness (QED) is 0.286. The molecule has 45 heavy (non-hydrogen) atoms. The zero-order valence-corrected chi connectivity index (χ0v) is 26.3. The van der Waals surface area contributed by atoms with E-state index in [4.69, 9.17) is 26.3 Å². The van der Waals surface area contributed by atoms with Crippen LogP contribution >= 0.6 is 11.6 Å². The van der Waals surface area contributed by atoms with Gasteiger partial charge in [0.15, 0.2) is 5.83 Å². The lowest BCUT2D eigenvalue weighted by Gasteiger charge is -2.41. The molecule has 1 atom stereocenters. The first-order valence-corrected chi connectivity index (χ1v) is 16.5. The minimum absolute atomic E-state index is 0.0331. The lowest BCUT2D eigenvalue weighted by Crippen LogP contribution is -2.55. The van der Waals surface area contributed by atoms with Gasteiger partial charge in [-0.3, -0.25) is 9.69 Å². The van der Waals surface area contributed by atoms with Crippen molar-refractivity contribution >= 4 is 34.2 Å². The number of aryl methyl sites for hydroxylation is 1. The van der Waals surface area contributed by atoms with Crippen molar-refractivity contribution in [3.05, 3.63) is 58.9 Å². The number of anilines is 1. The Bertz CT molecular complexity index is 1700. The Morgan fingerprint density at radius 2 is 1.89 bits per heavy atom. The largest absolute Gasteiger partial charge is 0.461 e. The van der Waals surface area contributed by atoms with Gasteiger partial charge < -0.3 is 14.5 Å². The normalized spacial score (nSPS) is 21.0. The van der Waals surface area contributed by atoms with Gasteiger partial charge in [0.2, 0.25) is 0 Å². The number of amides is 1. The number of ether oxygens (including phenoxy) is 1. The predicted molar refractivity (Wildman–Crippen MR) is 173 cm³/mol. The molecule has 3 aliphatic heterocycles. The molecule has 0 bridgehead atoms. The monoisotopic (exact) mass is 628 g/mol. The molecule has 0 spiro atoms. The highest BCUT2D eigenvalue weighted by Gasteiger charge is 2.45. The second kappa shape index (κ2) is 12.2. The average Bonchev–Trinajstić information content (AvgIpc) is 3.64. The molecule has 0 N–H and O–H groups in total. The van der Waals surface area contributed by atoms with E-state index in [-0.39, 0.29) is 18.5 Å². The molecule has 0 saturated carbocycles. The van der Waals surface area contributed by atoms with E-state index >= 15 is 0 Å². The number of carbonyl (C=O) groups excluding carboxylic acids is 1. The Balaban J connectivity index is 1.29. The minimum atomic E-state index is -1.02. The molecule has 4 aliphatic rings. The zero-order valence-electron chi connectivity index (χ0n) is 25.5. The van der Waals surface area contributed by atoms with Crippen LogP contribution in [-0.4, -0.2) is 76.6 Å². The summed E-state index contributed by atoms with van der Waals surface area (Å²) in [6.07, 6.45) is 9.08. The summed E-state index contributed by atoms with van der Waals surface area (Å²) < 4.78 is 20.3. The van der Waals surface area contributed by atoms with Crippen molar-refractivity contribution in [2.45, 2.75) is 69.4 Å². The van der Waals surface area contributed by atoms with Crippen molar-refractivity contribution in [2.24, 2.45) is 0 Å². The fraction of sp³-hybridized carbons (Fsp3) is 0.486. The van der Waals surface area contributed by atoms with Gasteiger partial charge >= 0.3 is 6.01 Å². The Morgan fingerprint density at radius 1 is 1.09 bits per heavy atom. The van der Waals surface area contributed by atoms with E-state index in [9.17, 15) is 14.4 Å². The van der Waals surface area contributed by atoms with Crippen molar-refractivity contribution in [3.8, 4) is 23.2 Å². The number of aromatic nitrogens is 2. The smallest absolute Gasteiger partial charge is 0.319 e. The van der Waals surface area contributed by atoms with Gasteiger partial charge in [0.1, 0.15) is 12.4 Å². The van der Waals surface area contributed by atoms with Gasteiger partial charge in [-0.05, 0) is 93.3 Å². The van der Waals surface area contributed by atoms with Crippen LogP contribution in [0.5, 0.6) is 6.01 Å². The van der Waals surface area contributed by atoms with Crippen LogP contribution in [-0.2, 0) is 17.6 Å². The second-order valence-electron chi connectivity index (χ2n) is 12.9. The van der Waals surface area contributed by atoms with Crippen LogP contribution in [0.1, 0.15) is 56.1 Å². The molecule has 3 fully saturated rings. The van der Waals surface area contributed by atoms with Crippen LogP contribution in [0.2, 0.25) is 5.02 Å². The summed E-state index contributed by atoms with van der Waals surface area (Å²) >= 11 is 7.06. The van der Waals surface area contributed by atoms with Gasteiger partial charge in [-0.1, -0.05) is 36.4 Å². The Hall–Kier alpha value is -3.74. The Kier molecular flexibility index (Phi) is 8.13. The van der Waals surface area contributed by atoms with Crippen LogP contribution in [0.4, 0.5) is 10.2 Å². The van der Waals surface area contributed by atoms with Gasteiger partial charge in [0.05, 0.1) is 29.6 Å². The third-order valence-corrected chi connectivity index (χ3v) is 10.6. The lowest BCUT2D eigenvalue weighted by molar-refractivity contribution is -0.131. The van der Waals surface area contributed by atoms with Crippen molar-refractivity contribution < 1.29 is 13.9 Å². The number of halogens is 2. The van der Waals surface area contributed by atoms with Crippen LogP contribution in [0.3, 0.4) is 0 Å². The van der Waals surface area contributed by atoms with E-state index in [1.165, 1.54) is 35.3 Å². The van der Waals surface area contributed by atoms with E-state index in [2.05, 4.69) is 41.8 Å². The third-order valence-electron chi connectivity index (χ3n) is 10.3. The number of nitrogens with zero attached hydrogens (tertiary/aromatic N) is 6. The van der Waals surface area contributed by atoms with E-state index < -0.39 is 17.8 Å². The summed E-state index contributed by atoms with van der Waals surface area (Å²) in [6, 6.07) is 12.4. The highest BCUT2D eigenvalue weighted by Crippen LogP contribution is 2.41. The SMILES string of the molecule is C=C(F)C(=O)N1CCN(c2nc(OCC34CCCN3CCC4)nc3cc(-c4cccc5c4CCCC5)c(Cl)cc23)C[C@@H]1CC#N. The molecular weight excluding hydrogens is 591 g/mol. The molecule has 4 heterocycles. The first-order valence-electron chi connectivity index (χ1n) is 16.1. The van der Waals surface area contributed by atoms with Crippen LogP contribution in [0, 0.1) is 11.3 Å². The standard InChI is InChI=1S/C35H38ClFN6O2/c1-23(37)33(44)43-18-17-41(21-25(43)11-14-38)32-29-19-30(36)28(27-10-4-8-24-7-2-3-9-26(24)27)20-31(29)39-34(40-32)45-22-35-12-5-15-42(35)16-6-13-35/h4,8,10,19-20,25H,1-3,5-7,9,11-13,15-18,21-22H2/t25-/m0/s1. The summed E-state index contributed by atoms with van der Waals surface area (Å²) in [5.41, 5.74) is 5.57. The third kappa shape index (κ3) is 5.53. The highest BCUT2D eigenvalue weighted by molar-refractivity contribution is 6.34. The maximum absolute atomic E-state index is 13.9. The van der Waals surface area contributed by atoms with E-state index in [0.29, 0.717) is 36.5 Å². The highest BCUT2D eigenvalue weighted by atomic mass is 35.5. The molecule has 1 amide bonds. The number of hydrogen-bond acceptors (Lipinski definition) is 7. The van der Waals surface area contributed by atoms with E-state index in [1.807, 2.05) is 11.0 Å². The second-order valence-corrected chi connectivity index (χ2v) is 13.3. The maximum atomic E-state index is 13.9. The summed E-state index contributed by atoms with van der Waals surface area (Å²) in [6.45, 7) is 6.86. The minimum Gasteiger partial charge on any atom is -0.461 e.